The van der Waals surface area contributed by atoms with E-state index in [9.17, 15) is 44.1 Å². The molecule has 1 aromatic heterocycles. The number of ether oxygens (including phenoxy) is 6. The molecule has 3 fully saturated rings. The van der Waals surface area contributed by atoms with Crippen LogP contribution in [0.25, 0.3) is 0 Å². The summed E-state index contributed by atoms with van der Waals surface area (Å²) in [7, 11) is 0. The number of aromatic nitrogens is 1. The molecule has 2 saturated carbocycles. The molecule has 12 atom stereocenters. The highest BCUT2D eigenvalue weighted by Gasteiger charge is 2.90. The highest BCUT2D eigenvalue weighted by atomic mass is 16.6. The summed E-state index contributed by atoms with van der Waals surface area (Å²) in [5, 5.41) is 36.9. The molecule has 16 heteroatoms. The smallest absolute Gasteiger partial charge is 0.340 e. The van der Waals surface area contributed by atoms with E-state index in [1.807, 2.05) is 0 Å². The number of hydrogen-bond acceptors (Lipinski definition) is 16. The number of cyclic esters (lactones) is 1. The van der Waals surface area contributed by atoms with Crippen molar-refractivity contribution in [3.8, 4) is 0 Å². The first-order chi connectivity index (χ1) is 22.3. The number of carbonyl (C=O) groups excluding carboxylic acids is 6. The van der Waals surface area contributed by atoms with Gasteiger partial charge in [-0.25, -0.2) is 4.79 Å². The van der Waals surface area contributed by atoms with Crippen molar-refractivity contribution in [2.75, 3.05) is 13.2 Å². The second-order valence-electron chi connectivity index (χ2n) is 13.4. The maximum Gasteiger partial charge on any atom is 0.340 e. The van der Waals surface area contributed by atoms with Gasteiger partial charge in [0, 0.05) is 32.9 Å². The van der Waals surface area contributed by atoms with E-state index in [2.05, 4.69) is 4.98 Å². The van der Waals surface area contributed by atoms with Crippen LogP contribution in [-0.4, -0.2) is 116 Å². The number of Topliss-reactive ketones (excluding diaryl/α,β-unsaturated/α-hetero) is 1. The van der Waals surface area contributed by atoms with Gasteiger partial charge in [0.05, 0.1) is 29.2 Å². The number of ketones is 1. The summed E-state index contributed by atoms with van der Waals surface area (Å²) in [4.78, 5) is 83.7. The maximum atomic E-state index is 14.5. The minimum atomic E-state index is -2.74. The monoisotopic (exact) mass is 677 g/mol. The van der Waals surface area contributed by atoms with Crippen LogP contribution in [0.15, 0.2) is 18.3 Å². The van der Waals surface area contributed by atoms with Crippen LogP contribution in [-0.2, 0) is 52.4 Å². The third-order valence-electron chi connectivity index (χ3n) is 10.4. The molecular weight excluding hydrogens is 638 g/mol. The molecule has 4 bridgehead atoms. The highest BCUT2D eigenvalue weighted by molar-refractivity contribution is 5.94. The molecule has 0 amide bonds. The van der Waals surface area contributed by atoms with Crippen molar-refractivity contribution >= 4 is 35.6 Å². The zero-order valence-electron chi connectivity index (χ0n) is 27.5. The number of esters is 5. The maximum absolute atomic E-state index is 14.5. The van der Waals surface area contributed by atoms with E-state index in [1.54, 1.807) is 6.92 Å². The fourth-order valence-electron chi connectivity index (χ4n) is 8.13. The fraction of sp³-hybridized carbons (Fsp3) is 0.656. The van der Waals surface area contributed by atoms with Crippen molar-refractivity contribution < 1.29 is 72.5 Å². The standard InChI is InChI=1S/C32H39NO15/c1-13-14(2)27(40)47-24-22(38)26(46-17(5)36)31(12-43-15(3)34)25(45-16(4)35)21(37)19-23(39)32(31,30(24,7)42)48-29(19,6)11-44-28(41)18-9-8-10-33-20(13)18/h8-10,13-14,19,22-26,38-39,42H,11-12H2,1-7H3/t13-,14+,19+,22-,23+,24-,25+,26+,29-,30+,31-,32-/m1/s1. The van der Waals surface area contributed by atoms with Crippen LogP contribution in [0, 0.1) is 17.3 Å². The van der Waals surface area contributed by atoms with Gasteiger partial charge in [-0.1, -0.05) is 13.8 Å². The van der Waals surface area contributed by atoms with E-state index in [4.69, 9.17) is 28.4 Å². The molecule has 3 heterocycles. The lowest BCUT2D eigenvalue weighted by Gasteiger charge is -2.66. The molecule has 4 aliphatic rings. The van der Waals surface area contributed by atoms with Gasteiger partial charge in [0.1, 0.15) is 47.6 Å². The zero-order chi connectivity index (χ0) is 35.7. The first-order valence-electron chi connectivity index (χ1n) is 15.4. The van der Waals surface area contributed by atoms with Gasteiger partial charge in [0.25, 0.3) is 0 Å². The fourth-order valence-corrected chi connectivity index (χ4v) is 8.13. The van der Waals surface area contributed by atoms with Crippen LogP contribution < -0.4 is 0 Å². The van der Waals surface area contributed by atoms with E-state index in [0.717, 1.165) is 27.7 Å². The number of aliphatic hydroxyl groups is 3. The molecule has 0 aromatic carbocycles. The minimum absolute atomic E-state index is 0.0135. The lowest BCUT2D eigenvalue weighted by molar-refractivity contribution is -0.376. The Bertz CT molecular complexity index is 1560. The lowest BCUT2D eigenvalue weighted by atomic mass is 9.45. The molecule has 0 unspecified atom stereocenters. The van der Waals surface area contributed by atoms with Crippen molar-refractivity contribution in [2.45, 2.75) is 102 Å². The predicted octanol–water partition coefficient (Wildman–Crippen LogP) is -0.471. The topological polar surface area (TPSA) is 231 Å². The Hall–Kier alpha value is -3.99. The first-order valence-corrected chi connectivity index (χ1v) is 15.4. The summed E-state index contributed by atoms with van der Waals surface area (Å²) in [6, 6.07) is 2.90. The van der Waals surface area contributed by atoms with E-state index in [-0.39, 0.29) is 11.3 Å². The van der Waals surface area contributed by atoms with Gasteiger partial charge in [-0.05, 0) is 26.0 Å². The van der Waals surface area contributed by atoms with Crippen molar-refractivity contribution in [1.29, 1.82) is 0 Å². The van der Waals surface area contributed by atoms with Crippen molar-refractivity contribution in [1.82, 2.24) is 4.98 Å². The van der Waals surface area contributed by atoms with Gasteiger partial charge < -0.3 is 43.7 Å². The van der Waals surface area contributed by atoms with Crippen LogP contribution >= 0.6 is 0 Å². The Morgan fingerprint density at radius 1 is 1.00 bits per heavy atom. The van der Waals surface area contributed by atoms with Crippen LogP contribution in [0.2, 0.25) is 0 Å². The van der Waals surface area contributed by atoms with Crippen molar-refractivity contribution in [3.05, 3.63) is 29.6 Å². The minimum Gasteiger partial charge on any atom is -0.465 e. The Labute approximate surface area is 275 Å². The average molecular weight is 678 g/mol. The van der Waals surface area contributed by atoms with Gasteiger partial charge in [0.15, 0.2) is 18.0 Å². The summed E-state index contributed by atoms with van der Waals surface area (Å²) in [5.74, 6) is -9.59. The normalized spacial score (nSPS) is 42.1. The third-order valence-corrected chi connectivity index (χ3v) is 10.4. The number of nitrogens with zero attached hydrogens (tertiary/aromatic N) is 1. The van der Waals surface area contributed by atoms with Crippen molar-refractivity contribution in [3.63, 3.8) is 0 Å². The molecular formula is C32H39NO15. The van der Waals surface area contributed by atoms with Crippen LogP contribution in [0.3, 0.4) is 0 Å². The van der Waals surface area contributed by atoms with E-state index >= 15 is 0 Å². The van der Waals surface area contributed by atoms with E-state index in [1.165, 1.54) is 32.2 Å². The van der Waals surface area contributed by atoms with Gasteiger partial charge in [-0.3, -0.25) is 29.0 Å². The number of pyridine rings is 1. The Morgan fingerprint density at radius 3 is 2.25 bits per heavy atom. The molecule has 1 aromatic rings. The summed E-state index contributed by atoms with van der Waals surface area (Å²) >= 11 is 0. The summed E-state index contributed by atoms with van der Waals surface area (Å²) in [5.41, 5.74) is -9.88. The quantitative estimate of drug-likeness (QED) is 0.270. The summed E-state index contributed by atoms with van der Waals surface area (Å²) in [6.45, 7) is 6.59. The van der Waals surface area contributed by atoms with E-state index < -0.39 is 119 Å². The molecule has 48 heavy (non-hydrogen) atoms. The van der Waals surface area contributed by atoms with Crippen LogP contribution in [0.5, 0.6) is 0 Å². The van der Waals surface area contributed by atoms with Crippen molar-refractivity contribution in [2.24, 2.45) is 17.3 Å². The van der Waals surface area contributed by atoms with Gasteiger partial charge in [-0.15, -0.1) is 0 Å². The number of hydrogen-bond donors (Lipinski definition) is 3. The molecule has 16 nitrogen and oxygen atoms in total. The molecule has 2 aliphatic carbocycles. The van der Waals surface area contributed by atoms with Gasteiger partial charge >= 0.3 is 29.8 Å². The molecule has 262 valence electrons. The second-order valence-corrected chi connectivity index (χ2v) is 13.4. The summed E-state index contributed by atoms with van der Waals surface area (Å²) < 4.78 is 34.6. The largest absolute Gasteiger partial charge is 0.465 e. The Balaban J connectivity index is 1.86. The molecule has 3 N–H and O–H groups in total. The van der Waals surface area contributed by atoms with Gasteiger partial charge in [-0.2, -0.15) is 0 Å². The third kappa shape index (κ3) is 4.82. The lowest BCUT2D eigenvalue weighted by Crippen LogP contribution is -2.88. The molecule has 2 aliphatic heterocycles. The molecule has 1 saturated heterocycles. The zero-order valence-corrected chi connectivity index (χ0v) is 27.5. The average Bonchev–Trinajstić information content (AvgIpc) is 3.22. The van der Waals surface area contributed by atoms with Gasteiger partial charge in [0.2, 0.25) is 0 Å². The highest BCUT2D eigenvalue weighted by Crippen LogP contribution is 2.67. The Morgan fingerprint density at radius 2 is 1.65 bits per heavy atom. The summed E-state index contributed by atoms with van der Waals surface area (Å²) in [6.07, 6.45) is -9.16. The first kappa shape index (κ1) is 35.3. The SMILES string of the molecule is CC(=O)OC[C@]12[C@@H](OC(C)=O)C(=O)[C@H]3[C@H](O)[C@]14O[C@]3(C)COC(=O)c1cccnc1[C@H](C)[C@H](C)C(=O)O[C@H]([C@@H](O)[C@@H]2OC(C)=O)[C@]4(C)O. The van der Waals surface area contributed by atoms with Crippen LogP contribution in [0.1, 0.15) is 70.4 Å². The molecule has 0 radical (unpaired) electrons. The number of rotatable bonds is 4. The van der Waals surface area contributed by atoms with Crippen LogP contribution in [0.4, 0.5) is 0 Å². The second kappa shape index (κ2) is 11.9. The van der Waals surface area contributed by atoms with E-state index in [0.29, 0.717) is 0 Å². The molecule has 1 spiro atoms. The number of fused-ring (bicyclic) bond motifs is 5. The predicted molar refractivity (Wildman–Crippen MR) is 156 cm³/mol. The molecule has 5 rings (SSSR count). The number of aliphatic hydroxyl groups excluding tert-OH is 2. The number of carbonyl (C=O) groups is 6. The Kier molecular flexibility index (Phi) is 8.73.